The van der Waals surface area contributed by atoms with Crippen molar-refractivity contribution < 1.29 is 0 Å². The fourth-order valence-corrected chi connectivity index (χ4v) is 2.82. The first-order valence-electron chi connectivity index (χ1n) is 7.02. The Bertz CT molecular complexity index is 351. The number of piperidine rings is 1. The van der Waals surface area contributed by atoms with Gasteiger partial charge in [-0.15, -0.1) is 0 Å². The molecule has 94 valence electrons. The number of benzene rings is 1. The van der Waals surface area contributed by atoms with E-state index in [2.05, 4.69) is 37.4 Å². The van der Waals surface area contributed by atoms with E-state index in [9.17, 15) is 0 Å². The van der Waals surface area contributed by atoms with Crippen molar-refractivity contribution in [1.82, 2.24) is 5.32 Å². The van der Waals surface area contributed by atoms with Crippen LogP contribution in [0.2, 0.25) is 0 Å². The number of hydrogen-bond acceptors (Lipinski definition) is 1. The number of aryl methyl sites for hydroxylation is 3. The zero-order valence-electron chi connectivity index (χ0n) is 11.3. The zero-order valence-corrected chi connectivity index (χ0v) is 11.3. The summed E-state index contributed by atoms with van der Waals surface area (Å²) >= 11 is 0. The Morgan fingerprint density at radius 1 is 1.18 bits per heavy atom. The van der Waals surface area contributed by atoms with Gasteiger partial charge >= 0.3 is 0 Å². The molecule has 2 rings (SSSR count). The van der Waals surface area contributed by atoms with Gasteiger partial charge in [0.15, 0.2) is 0 Å². The molecule has 1 aliphatic heterocycles. The molecular weight excluding hydrogens is 206 g/mol. The van der Waals surface area contributed by atoms with Crippen LogP contribution in [0, 0.1) is 19.8 Å². The largest absolute Gasteiger partial charge is 0.317 e. The number of rotatable bonds is 4. The van der Waals surface area contributed by atoms with E-state index in [1.54, 1.807) is 5.56 Å². The lowest BCUT2D eigenvalue weighted by molar-refractivity contribution is 0.347. The summed E-state index contributed by atoms with van der Waals surface area (Å²) in [6.07, 6.45) is 6.79. The second-order valence-corrected chi connectivity index (χ2v) is 5.52. The Balaban J connectivity index is 1.79. The van der Waals surface area contributed by atoms with Crippen LogP contribution in [0.3, 0.4) is 0 Å². The first kappa shape index (κ1) is 12.6. The fourth-order valence-electron chi connectivity index (χ4n) is 2.82. The third kappa shape index (κ3) is 3.85. The molecule has 1 nitrogen and oxygen atoms in total. The lowest BCUT2D eigenvalue weighted by Crippen LogP contribution is -2.27. The highest BCUT2D eigenvalue weighted by atomic mass is 14.9. The third-order valence-corrected chi connectivity index (χ3v) is 4.02. The van der Waals surface area contributed by atoms with E-state index in [0.717, 1.165) is 5.92 Å². The van der Waals surface area contributed by atoms with Gasteiger partial charge < -0.3 is 5.32 Å². The van der Waals surface area contributed by atoms with Crippen LogP contribution < -0.4 is 5.32 Å². The highest BCUT2D eigenvalue weighted by Crippen LogP contribution is 2.20. The molecule has 17 heavy (non-hydrogen) atoms. The Morgan fingerprint density at radius 2 is 1.94 bits per heavy atom. The van der Waals surface area contributed by atoms with Gasteiger partial charge in [-0.2, -0.15) is 0 Å². The summed E-state index contributed by atoms with van der Waals surface area (Å²) in [7, 11) is 0. The molecule has 1 saturated heterocycles. The molecule has 0 unspecified atom stereocenters. The minimum atomic E-state index is 0.973. The third-order valence-electron chi connectivity index (χ3n) is 4.02. The van der Waals surface area contributed by atoms with Crippen LogP contribution in [0.25, 0.3) is 0 Å². The first-order valence-corrected chi connectivity index (χ1v) is 7.02. The van der Waals surface area contributed by atoms with Crippen LogP contribution in [0.15, 0.2) is 18.2 Å². The van der Waals surface area contributed by atoms with Crippen molar-refractivity contribution in [3.05, 3.63) is 34.9 Å². The second kappa shape index (κ2) is 6.20. The van der Waals surface area contributed by atoms with E-state index < -0.39 is 0 Å². The van der Waals surface area contributed by atoms with E-state index in [0.29, 0.717) is 0 Å². The van der Waals surface area contributed by atoms with Gasteiger partial charge in [0, 0.05) is 0 Å². The maximum absolute atomic E-state index is 3.44. The van der Waals surface area contributed by atoms with Crippen molar-refractivity contribution in [3.63, 3.8) is 0 Å². The smallest absolute Gasteiger partial charge is 0.00463 e. The maximum atomic E-state index is 3.44. The summed E-state index contributed by atoms with van der Waals surface area (Å²) in [4.78, 5) is 0. The lowest BCUT2D eigenvalue weighted by atomic mass is 9.91. The fraction of sp³-hybridized carbons (Fsp3) is 0.625. The number of nitrogens with one attached hydrogen (secondary N) is 1. The highest BCUT2D eigenvalue weighted by molar-refractivity contribution is 5.30. The van der Waals surface area contributed by atoms with Gasteiger partial charge in [0.1, 0.15) is 0 Å². The van der Waals surface area contributed by atoms with Crippen LogP contribution in [0.5, 0.6) is 0 Å². The van der Waals surface area contributed by atoms with Gasteiger partial charge in [-0.25, -0.2) is 0 Å². The minimum Gasteiger partial charge on any atom is -0.317 e. The van der Waals surface area contributed by atoms with E-state index >= 15 is 0 Å². The second-order valence-electron chi connectivity index (χ2n) is 5.52. The van der Waals surface area contributed by atoms with Crippen LogP contribution >= 0.6 is 0 Å². The predicted octanol–water partition coefficient (Wildman–Crippen LogP) is 3.63. The van der Waals surface area contributed by atoms with Crippen molar-refractivity contribution in [2.24, 2.45) is 5.92 Å². The molecule has 1 N–H and O–H groups in total. The van der Waals surface area contributed by atoms with Crippen molar-refractivity contribution in [3.8, 4) is 0 Å². The van der Waals surface area contributed by atoms with Gasteiger partial charge in [-0.3, -0.25) is 0 Å². The van der Waals surface area contributed by atoms with E-state index in [-0.39, 0.29) is 0 Å². The normalized spacial score (nSPS) is 17.3. The molecule has 1 aliphatic rings. The average molecular weight is 231 g/mol. The van der Waals surface area contributed by atoms with Gasteiger partial charge in [0.2, 0.25) is 0 Å². The van der Waals surface area contributed by atoms with Crippen molar-refractivity contribution in [2.75, 3.05) is 13.1 Å². The standard InChI is InChI=1S/C16H25N/c1-13-6-7-14(2)16(12-13)5-3-4-15-8-10-17-11-9-15/h6-7,12,15,17H,3-5,8-11H2,1-2H3. The summed E-state index contributed by atoms with van der Waals surface area (Å²) in [6.45, 7) is 6.89. The topological polar surface area (TPSA) is 12.0 Å². The van der Waals surface area contributed by atoms with Gasteiger partial charge in [-0.05, 0) is 69.7 Å². The molecule has 1 aromatic carbocycles. The summed E-state index contributed by atoms with van der Waals surface area (Å²) < 4.78 is 0. The molecule has 0 radical (unpaired) electrons. The Hall–Kier alpha value is -0.820. The molecule has 1 aromatic rings. The molecule has 0 amide bonds. The van der Waals surface area contributed by atoms with Crippen molar-refractivity contribution in [2.45, 2.75) is 46.0 Å². The van der Waals surface area contributed by atoms with Crippen molar-refractivity contribution >= 4 is 0 Å². The van der Waals surface area contributed by atoms with E-state index in [1.165, 1.54) is 56.3 Å². The van der Waals surface area contributed by atoms with Crippen LogP contribution in [0.1, 0.15) is 42.4 Å². The number of hydrogen-bond donors (Lipinski definition) is 1. The predicted molar refractivity (Wildman–Crippen MR) is 74.4 cm³/mol. The molecule has 1 heterocycles. The van der Waals surface area contributed by atoms with Crippen LogP contribution in [0.4, 0.5) is 0 Å². The Morgan fingerprint density at radius 3 is 2.71 bits per heavy atom. The summed E-state index contributed by atoms with van der Waals surface area (Å²) in [5.74, 6) is 0.973. The molecule has 0 saturated carbocycles. The zero-order chi connectivity index (χ0) is 12.1. The summed E-state index contributed by atoms with van der Waals surface area (Å²) in [5.41, 5.74) is 4.41. The molecule has 0 spiro atoms. The first-order chi connectivity index (χ1) is 8.25. The molecular formula is C16H25N. The van der Waals surface area contributed by atoms with E-state index in [1.807, 2.05) is 0 Å². The Labute approximate surface area is 106 Å². The molecule has 0 bridgehead atoms. The lowest BCUT2D eigenvalue weighted by Gasteiger charge is -2.22. The average Bonchev–Trinajstić information content (AvgIpc) is 2.35. The van der Waals surface area contributed by atoms with Crippen molar-refractivity contribution in [1.29, 1.82) is 0 Å². The summed E-state index contributed by atoms with van der Waals surface area (Å²) in [6, 6.07) is 6.83. The maximum Gasteiger partial charge on any atom is -0.00463 e. The monoisotopic (exact) mass is 231 g/mol. The molecule has 0 atom stereocenters. The van der Waals surface area contributed by atoms with Crippen LogP contribution in [-0.4, -0.2) is 13.1 Å². The highest BCUT2D eigenvalue weighted by Gasteiger charge is 2.12. The molecule has 0 aliphatic carbocycles. The van der Waals surface area contributed by atoms with Crippen LogP contribution in [-0.2, 0) is 6.42 Å². The SMILES string of the molecule is Cc1ccc(C)c(CCCC2CCNCC2)c1. The van der Waals surface area contributed by atoms with Gasteiger partial charge in [0.25, 0.3) is 0 Å². The quantitative estimate of drug-likeness (QED) is 0.834. The van der Waals surface area contributed by atoms with Gasteiger partial charge in [0.05, 0.1) is 0 Å². The van der Waals surface area contributed by atoms with Gasteiger partial charge in [-0.1, -0.05) is 30.2 Å². The van der Waals surface area contributed by atoms with E-state index in [4.69, 9.17) is 0 Å². The minimum absolute atomic E-state index is 0.973. The molecule has 0 aromatic heterocycles. The summed E-state index contributed by atoms with van der Waals surface area (Å²) in [5, 5.41) is 3.44. The molecule has 1 fully saturated rings. The molecule has 1 heteroatoms. The Kier molecular flexibility index (Phi) is 4.61.